The van der Waals surface area contributed by atoms with Crippen LogP contribution in [0.2, 0.25) is 0 Å². The summed E-state index contributed by atoms with van der Waals surface area (Å²) in [7, 11) is 0. The average molecular weight is 1850 g/mol. The van der Waals surface area contributed by atoms with E-state index in [4.69, 9.17) is 58.1 Å². The first-order chi connectivity index (χ1) is 71.4. The smallest absolute Gasteiger partial charge is 0.238 e. The summed E-state index contributed by atoms with van der Waals surface area (Å²) >= 11 is 0. The predicted octanol–water partition coefficient (Wildman–Crippen LogP) is 32.9. The van der Waals surface area contributed by atoms with Gasteiger partial charge in [-0.05, 0) is 98.6 Å². The first-order valence-corrected chi connectivity index (χ1v) is 48.0. The molecule has 0 unspecified atom stereocenters. The number of hydrogen-bond donors (Lipinski definition) is 0. The van der Waals surface area contributed by atoms with Crippen molar-refractivity contribution in [1.29, 1.82) is 0 Å². The van der Waals surface area contributed by atoms with Crippen LogP contribution in [-0.2, 0) is 0 Å². The van der Waals surface area contributed by atoms with Gasteiger partial charge in [0.25, 0.3) is 0 Å². The Morgan fingerprint density at radius 2 is 0.431 bits per heavy atom. The Hall–Kier alpha value is -19.8. The fraction of sp³-hybridized carbons (Fsp3) is 0. The summed E-state index contributed by atoms with van der Waals surface area (Å²) in [4.78, 5) is 46.1. The van der Waals surface area contributed by atoms with Crippen molar-refractivity contribution in [3.63, 3.8) is 0 Å². The van der Waals surface area contributed by atoms with E-state index in [0.29, 0.717) is 52.8 Å². The van der Waals surface area contributed by atoms with Crippen LogP contribution in [0.15, 0.2) is 499 Å². The molecule has 0 saturated heterocycles. The molecule has 29 rings (SSSR count). The Morgan fingerprint density at radius 3 is 0.861 bits per heavy atom. The largest absolute Gasteiger partial charge is 0.456 e. The molecule has 9 aromatic heterocycles. The van der Waals surface area contributed by atoms with E-state index in [1.807, 2.05) is 152 Å². The van der Waals surface area contributed by atoms with Crippen molar-refractivity contribution in [3.05, 3.63) is 485 Å². The zero-order valence-corrected chi connectivity index (χ0v) is 77.3. The molecule has 144 heavy (non-hydrogen) atoms. The molecule has 15 nitrogen and oxygen atoms in total. The van der Waals surface area contributed by atoms with Gasteiger partial charge in [-0.1, -0.05) is 425 Å². The minimum absolute atomic E-state index is 0.527. The minimum atomic E-state index is 0.527. The topological polar surface area (TPSA) is 170 Å². The number of benzene rings is 20. The van der Waals surface area contributed by atoms with Crippen LogP contribution in [0.5, 0.6) is 0 Å². The Morgan fingerprint density at radius 1 is 0.146 bits per heavy atom. The molecule has 20 aromatic carbocycles. The fourth-order valence-electron chi connectivity index (χ4n) is 20.4. The van der Waals surface area contributed by atoms with Crippen LogP contribution in [0.1, 0.15) is 0 Å². The number of nitrogens with zero attached hydrogens (tertiary/aromatic N) is 12. The standard InChI is InChI=1S/2C45H28N4O.C39H24N4O/c1-4-13-29(14-5-1)30-23-25-33(26-24-30)44-46-43(32-17-8-3-9-18-32)47-45(48-44)49-39-28-41-38(35-19-10-11-22-40(35)50-41)27-37(39)36-21-12-20-34(42(36)49)31-15-6-2-7-16-31;1-4-13-29(14-5-1)30-23-25-33(26-24-30)44-46-43(32-17-8-3-9-18-32)47-45(48-44)49-38-21-12-20-34(31-15-6-2-7-16-31)40(38)37-28-27-36-35-19-10-11-22-39(35)50-42(36)41(37)49;1-3-11-25(12-4-1)26-19-21-28(22-20-26)38-40-37(27-13-5-2-6-14-27)41-39(42-38)43-33-17-9-7-15-29(33)31-23-32-30-16-8-10-18-35(30)44-36(32)24-34(31)43/h2*1-28H;1-24H. The molecule has 0 bridgehead atoms. The van der Waals surface area contributed by atoms with Crippen molar-refractivity contribution in [1.82, 2.24) is 58.6 Å². The molecule has 0 radical (unpaired) electrons. The summed E-state index contributed by atoms with van der Waals surface area (Å²) in [6, 6.07) is 167. The van der Waals surface area contributed by atoms with E-state index in [2.05, 4.69) is 347 Å². The molecular formula is C129H80N12O3. The van der Waals surface area contributed by atoms with Gasteiger partial charge in [-0.25, -0.2) is 15.0 Å². The SMILES string of the molecule is c1ccc(-c2ccc(-c3nc(-c4ccccc4)nc(-n4c5cc6oc7ccccc7c6cc5c5cccc(-c6ccccc6)c54)n3)cc2)cc1.c1ccc(-c2ccc(-c3nc(-c4ccccc4)nc(-n4c5cccc(-c6ccccc6)c5c5ccc6c7ccccc7oc6c54)n3)cc2)cc1.c1ccc(-c2ccc(-c3nc(-c4ccccc4)nc(-n4c5ccccc5c5cc6c(cc54)oc4ccccc46)n3)cc2)cc1. The Labute approximate surface area is 824 Å². The maximum atomic E-state index is 6.70. The second-order valence-electron chi connectivity index (χ2n) is 35.8. The monoisotopic (exact) mass is 1840 g/mol. The second-order valence-corrected chi connectivity index (χ2v) is 35.8. The van der Waals surface area contributed by atoms with Crippen molar-refractivity contribution in [2.75, 3.05) is 0 Å². The third-order valence-corrected chi connectivity index (χ3v) is 27.2. The van der Waals surface area contributed by atoms with Gasteiger partial charge in [-0.2, -0.15) is 29.9 Å². The van der Waals surface area contributed by atoms with Crippen molar-refractivity contribution in [3.8, 4) is 142 Å². The van der Waals surface area contributed by atoms with Gasteiger partial charge in [-0.15, -0.1) is 0 Å². The zero-order valence-electron chi connectivity index (χ0n) is 77.3. The molecule has 0 amide bonds. The van der Waals surface area contributed by atoms with E-state index >= 15 is 0 Å². The molecular weight excluding hydrogens is 1770 g/mol. The molecule has 0 aliphatic rings. The van der Waals surface area contributed by atoms with Crippen LogP contribution in [-0.4, -0.2) is 58.6 Å². The second kappa shape index (κ2) is 35.3. The molecule has 674 valence electrons. The highest BCUT2D eigenvalue weighted by Crippen LogP contribution is 2.48. The Balaban J connectivity index is 0.000000108. The van der Waals surface area contributed by atoms with E-state index in [0.717, 1.165) is 215 Å². The lowest BCUT2D eigenvalue weighted by Gasteiger charge is -2.13. The molecule has 29 aromatic rings. The summed E-state index contributed by atoms with van der Waals surface area (Å²) in [5, 5.41) is 13.2. The predicted molar refractivity (Wildman–Crippen MR) is 584 cm³/mol. The maximum absolute atomic E-state index is 6.70. The number of hydrogen-bond acceptors (Lipinski definition) is 12. The number of para-hydroxylation sites is 5. The number of rotatable bonds is 14. The van der Waals surface area contributed by atoms with Crippen LogP contribution < -0.4 is 0 Å². The van der Waals surface area contributed by atoms with Gasteiger partial charge in [0.2, 0.25) is 17.8 Å². The lowest BCUT2D eigenvalue weighted by molar-refractivity contribution is 0.669. The molecule has 0 atom stereocenters. The molecule has 0 spiro atoms. The molecule has 0 saturated carbocycles. The van der Waals surface area contributed by atoms with Crippen molar-refractivity contribution in [2.45, 2.75) is 0 Å². The Bertz CT molecular complexity index is 9970. The van der Waals surface area contributed by atoms with Gasteiger partial charge in [0.05, 0.1) is 27.6 Å². The molecule has 0 aliphatic carbocycles. The van der Waals surface area contributed by atoms with Gasteiger partial charge in [0.1, 0.15) is 33.4 Å². The van der Waals surface area contributed by atoms with E-state index in [9.17, 15) is 0 Å². The van der Waals surface area contributed by atoms with Crippen LogP contribution in [0.25, 0.3) is 273 Å². The van der Waals surface area contributed by atoms with Crippen molar-refractivity contribution < 1.29 is 13.3 Å². The summed E-state index contributed by atoms with van der Waals surface area (Å²) in [5.74, 6) is 5.27. The van der Waals surface area contributed by atoms with Gasteiger partial charge < -0.3 is 13.3 Å². The highest BCUT2D eigenvalue weighted by Gasteiger charge is 2.29. The number of fused-ring (bicyclic) bond motifs is 19. The van der Waals surface area contributed by atoms with E-state index in [1.54, 1.807) is 0 Å². The van der Waals surface area contributed by atoms with Gasteiger partial charge in [0.15, 0.2) is 40.5 Å². The van der Waals surface area contributed by atoms with Crippen LogP contribution in [0.4, 0.5) is 0 Å². The van der Waals surface area contributed by atoms with E-state index in [1.165, 1.54) is 5.56 Å². The first kappa shape index (κ1) is 83.6. The van der Waals surface area contributed by atoms with E-state index in [-0.39, 0.29) is 0 Å². The number of furan rings is 3. The van der Waals surface area contributed by atoms with Crippen LogP contribution in [0, 0.1) is 0 Å². The third-order valence-electron chi connectivity index (χ3n) is 27.2. The molecule has 0 aliphatic heterocycles. The normalized spacial score (nSPS) is 11.6. The van der Waals surface area contributed by atoms with Crippen LogP contribution >= 0.6 is 0 Å². The summed E-state index contributed by atoms with van der Waals surface area (Å²) < 4.78 is 25.9. The zero-order chi connectivity index (χ0) is 95.1. The summed E-state index contributed by atoms with van der Waals surface area (Å²) in [5.41, 5.74) is 27.8. The van der Waals surface area contributed by atoms with Gasteiger partial charge in [0, 0.05) is 116 Å². The van der Waals surface area contributed by atoms with E-state index < -0.39 is 0 Å². The third kappa shape index (κ3) is 14.9. The quantitative estimate of drug-likeness (QED) is 0.101. The average Bonchev–Trinajstić information content (AvgIpc) is 1.68. The van der Waals surface area contributed by atoms with Gasteiger partial charge in [-0.3, -0.25) is 13.7 Å². The molecule has 0 fully saturated rings. The fourth-order valence-corrected chi connectivity index (χ4v) is 20.4. The first-order valence-electron chi connectivity index (χ1n) is 48.0. The molecule has 15 heteroatoms. The summed E-state index contributed by atoms with van der Waals surface area (Å²) in [6.45, 7) is 0. The summed E-state index contributed by atoms with van der Waals surface area (Å²) in [6.07, 6.45) is 0. The lowest BCUT2D eigenvalue weighted by atomic mass is 9.99. The molecule has 9 heterocycles. The maximum Gasteiger partial charge on any atom is 0.238 e. The lowest BCUT2D eigenvalue weighted by Crippen LogP contribution is -2.07. The molecule has 0 N–H and O–H groups in total. The number of aromatic nitrogens is 12. The highest BCUT2D eigenvalue weighted by atomic mass is 16.3. The Kier molecular flexibility index (Phi) is 20.5. The van der Waals surface area contributed by atoms with Gasteiger partial charge >= 0.3 is 0 Å². The van der Waals surface area contributed by atoms with Crippen molar-refractivity contribution in [2.24, 2.45) is 0 Å². The minimum Gasteiger partial charge on any atom is -0.456 e. The van der Waals surface area contributed by atoms with Crippen LogP contribution in [0.3, 0.4) is 0 Å². The van der Waals surface area contributed by atoms with Crippen molar-refractivity contribution >= 4 is 131 Å². The highest BCUT2D eigenvalue weighted by molar-refractivity contribution is 6.25.